The molecular weight excluding hydrogens is 412 g/mol. The number of rotatable bonds is 6. The number of hydrogen-bond donors (Lipinski definition) is 2. The molecule has 0 radical (unpaired) electrons. The molecule has 32 heavy (non-hydrogen) atoms. The quantitative estimate of drug-likeness (QED) is 0.365. The second-order valence-corrected chi connectivity index (χ2v) is 10.8. The number of ketones is 2. The lowest BCUT2D eigenvalue weighted by atomic mass is 9.46. The number of carboxylic acids is 1. The number of carbonyl (C=O) groups is 4. The van der Waals surface area contributed by atoms with Crippen molar-refractivity contribution in [1.29, 1.82) is 0 Å². The number of carboxylic acid groups (broad SMARTS) is 1. The molecule has 7 heteroatoms. The van der Waals surface area contributed by atoms with Gasteiger partial charge in [0.1, 0.15) is 18.6 Å². The molecule has 0 spiro atoms. The Morgan fingerprint density at radius 2 is 1.91 bits per heavy atom. The Kier molecular flexibility index (Phi) is 6.53. The predicted molar refractivity (Wildman–Crippen MR) is 117 cm³/mol. The van der Waals surface area contributed by atoms with Crippen LogP contribution in [0.15, 0.2) is 23.8 Å². The highest BCUT2D eigenvalue weighted by atomic mass is 16.5. The monoisotopic (exact) mass is 446 g/mol. The highest BCUT2D eigenvalue weighted by Crippen LogP contribution is 2.62. The van der Waals surface area contributed by atoms with E-state index in [0.717, 1.165) is 43.8 Å². The van der Waals surface area contributed by atoms with Crippen LogP contribution in [-0.2, 0) is 23.9 Å². The van der Waals surface area contributed by atoms with Gasteiger partial charge in [-0.3, -0.25) is 19.2 Å². The van der Waals surface area contributed by atoms with E-state index in [2.05, 4.69) is 27.4 Å². The first kappa shape index (κ1) is 24.4. The third kappa shape index (κ3) is 4.58. The number of ether oxygens (including phenoxy) is 1. The lowest BCUT2D eigenvalue weighted by Gasteiger charge is -2.58. The minimum atomic E-state index is -1.81. The van der Waals surface area contributed by atoms with E-state index in [-0.39, 0.29) is 35.2 Å². The number of aliphatic carboxylic acids is 1. The zero-order valence-electron chi connectivity index (χ0n) is 19.2. The average molecular weight is 447 g/mol. The van der Waals surface area contributed by atoms with E-state index in [1.165, 1.54) is 0 Å². The first-order valence-electron chi connectivity index (χ1n) is 11.3. The fourth-order valence-corrected chi connectivity index (χ4v) is 6.46. The number of esters is 1. The summed E-state index contributed by atoms with van der Waals surface area (Å²) in [5.41, 5.74) is -0.720. The second-order valence-electron chi connectivity index (χ2n) is 10.8. The van der Waals surface area contributed by atoms with Crippen molar-refractivity contribution in [1.82, 2.24) is 0 Å². The Morgan fingerprint density at radius 1 is 1.22 bits per heavy atom. The molecule has 3 rings (SSSR count). The van der Waals surface area contributed by atoms with Crippen LogP contribution in [0.2, 0.25) is 0 Å². The molecule has 0 aromatic heterocycles. The second kappa shape index (κ2) is 8.58. The summed E-state index contributed by atoms with van der Waals surface area (Å²) in [5, 5.41) is 19.9. The normalized spacial score (nSPS) is 34.5. The summed E-state index contributed by atoms with van der Waals surface area (Å²) >= 11 is 0. The molecule has 2 N–H and O–H groups in total. The summed E-state index contributed by atoms with van der Waals surface area (Å²) in [6, 6.07) is 0. The molecule has 0 aliphatic heterocycles. The van der Waals surface area contributed by atoms with Crippen LogP contribution in [0.4, 0.5) is 0 Å². The molecule has 0 heterocycles. The van der Waals surface area contributed by atoms with Crippen LogP contribution in [-0.4, -0.2) is 45.9 Å². The zero-order chi connectivity index (χ0) is 23.9. The first-order valence-corrected chi connectivity index (χ1v) is 11.3. The van der Waals surface area contributed by atoms with Gasteiger partial charge in [-0.25, -0.2) is 0 Å². The van der Waals surface area contributed by atoms with Gasteiger partial charge in [-0.1, -0.05) is 39.3 Å². The third-order valence-corrected chi connectivity index (χ3v) is 8.12. The molecule has 0 amide bonds. The van der Waals surface area contributed by atoms with E-state index in [0.29, 0.717) is 5.92 Å². The lowest BCUT2D eigenvalue weighted by molar-refractivity contribution is -0.151. The summed E-state index contributed by atoms with van der Waals surface area (Å²) in [6.45, 7) is 10.6. The number of fused-ring (bicyclic) bond motifs is 1. The first-order chi connectivity index (χ1) is 14.8. The molecular formula is C25H34O7. The van der Waals surface area contributed by atoms with Crippen LogP contribution in [0, 0.1) is 22.7 Å². The molecule has 0 aromatic rings. The van der Waals surface area contributed by atoms with Gasteiger partial charge in [-0.15, -0.1) is 0 Å². The minimum Gasteiger partial charge on any atom is -0.481 e. The Balaban J connectivity index is 1.78. The Bertz CT molecular complexity index is 883. The van der Waals surface area contributed by atoms with E-state index in [1.54, 1.807) is 0 Å². The maximum atomic E-state index is 12.9. The van der Waals surface area contributed by atoms with Crippen molar-refractivity contribution in [3.63, 3.8) is 0 Å². The lowest BCUT2D eigenvalue weighted by Crippen LogP contribution is -2.53. The number of aliphatic hydroxyl groups is 1. The maximum absolute atomic E-state index is 12.9. The van der Waals surface area contributed by atoms with E-state index < -0.39 is 42.1 Å². The largest absolute Gasteiger partial charge is 0.481 e. The molecule has 0 aromatic carbocycles. The van der Waals surface area contributed by atoms with Crippen molar-refractivity contribution >= 4 is 23.5 Å². The molecule has 3 aliphatic rings. The van der Waals surface area contributed by atoms with Crippen molar-refractivity contribution in [3.8, 4) is 0 Å². The van der Waals surface area contributed by atoms with Crippen molar-refractivity contribution in [3.05, 3.63) is 23.8 Å². The number of hydrogen-bond acceptors (Lipinski definition) is 6. The smallest absolute Gasteiger partial charge is 0.317 e. The number of allylic oxidation sites excluding steroid dienone is 1. The summed E-state index contributed by atoms with van der Waals surface area (Å²) in [4.78, 5) is 47.6. The molecule has 0 unspecified atom stereocenters. The molecule has 2 saturated carbocycles. The molecule has 4 atom stereocenters. The molecule has 7 nitrogen and oxygen atoms in total. The average Bonchev–Trinajstić information content (AvgIpc) is 2.65. The molecule has 0 bridgehead atoms. The van der Waals surface area contributed by atoms with E-state index >= 15 is 0 Å². The summed E-state index contributed by atoms with van der Waals surface area (Å²) in [7, 11) is 0. The van der Waals surface area contributed by atoms with Crippen LogP contribution in [0.1, 0.15) is 72.1 Å². The van der Waals surface area contributed by atoms with E-state index in [9.17, 15) is 24.3 Å². The standard InChI is InChI=1S/C25H34O7/c1-15-6-7-19-23(2,3)8-5-9-24(19,4)17(15)12-25(31)13-18(26)16(10-20(25)27)14-32-22(30)11-21(28)29/h10,17,19,31H,1,5-9,11-14H2,2-4H3,(H,28,29)/t17-,19-,24+,25+/m0/s1. The maximum Gasteiger partial charge on any atom is 0.317 e. The van der Waals surface area contributed by atoms with E-state index in [1.807, 2.05) is 0 Å². The molecule has 3 aliphatic carbocycles. The van der Waals surface area contributed by atoms with Gasteiger partial charge in [-0.05, 0) is 60.8 Å². The van der Waals surface area contributed by atoms with Gasteiger partial charge in [0.05, 0.1) is 0 Å². The van der Waals surface area contributed by atoms with Crippen LogP contribution in [0.3, 0.4) is 0 Å². The van der Waals surface area contributed by atoms with Gasteiger partial charge in [0.15, 0.2) is 11.6 Å². The Labute approximate surface area is 188 Å². The highest BCUT2D eigenvalue weighted by molar-refractivity contribution is 6.12. The van der Waals surface area contributed by atoms with Crippen LogP contribution in [0.25, 0.3) is 0 Å². The summed E-state index contributed by atoms with van der Waals surface area (Å²) in [5.74, 6) is -2.98. The highest BCUT2D eigenvalue weighted by Gasteiger charge is 2.55. The fraction of sp³-hybridized carbons (Fsp3) is 0.680. The zero-order valence-corrected chi connectivity index (χ0v) is 19.2. The molecule has 2 fully saturated rings. The molecule has 176 valence electrons. The summed E-state index contributed by atoms with van der Waals surface area (Å²) < 4.78 is 4.80. The fourth-order valence-electron chi connectivity index (χ4n) is 6.46. The van der Waals surface area contributed by atoms with Crippen molar-refractivity contribution in [2.75, 3.05) is 6.61 Å². The van der Waals surface area contributed by atoms with Crippen molar-refractivity contribution in [2.45, 2.75) is 77.7 Å². The SMILES string of the molecule is C=C1CC[C@H]2C(C)(C)CCC[C@]2(C)[C@H]1C[C@@]1(O)CC(=O)C(COC(=O)CC(=O)O)=CC1=O. The van der Waals surface area contributed by atoms with Gasteiger partial charge in [0.2, 0.25) is 0 Å². The minimum absolute atomic E-state index is 0.0243. The predicted octanol–water partition coefficient (Wildman–Crippen LogP) is 3.39. The summed E-state index contributed by atoms with van der Waals surface area (Å²) in [6.07, 6.45) is 5.16. The Morgan fingerprint density at radius 3 is 2.56 bits per heavy atom. The van der Waals surface area contributed by atoms with Crippen molar-refractivity contribution < 1.29 is 34.1 Å². The van der Waals surface area contributed by atoms with E-state index in [4.69, 9.17) is 9.84 Å². The van der Waals surface area contributed by atoms with Gasteiger partial charge in [0.25, 0.3) is 0 Å². The van der Waals surface area contributed by atoms with Crippen LogP contribution in [0.5, 0.6) is 0 Å². The van der Waals surface area contributed by atoms with Gasteiger partial charge < -0.3 is 14.9 Å². The molecule has 0 saturated heterocycles. The third-order valence-electron chi connectivity index (χ3n) is 8.12. The van der Waals surface area contributed by atoms with Crippen LogP contribution < -0.4 is 0 Å². The topological polar surface area (TPSA) is 118 Å². The number of carbonyl (C=O) groups excluding carboxylic acids is 3. The van der Waals surface area contributed by atoms with Gasteiger partial charge in [0, 0.05) is 12.0 Å². The van der Waals surface area contributed by atoms with Gasteiger partial charge >= 0.3 is 11.9 Å². The number of Topliss-reactive ketones (excluding diaryl/α,β-unsaturated/α-hetero) is 1. The van der Waals surface area contributed by atoms with Crippen molar-refractivity contribution in [2.24, 2.45) is 22.7 Å². The Hall–Kier alpha value is -2.28. The van der Waals surface area contributed by atoms with Gasteiger partial charge in [-0.2, -0.15) is 0 Å². The van der Waals surface area contributed by atoms with Crippen LogP contribution >= 0.6 is 0 Å².